The van der Waals surface area contributed by atoms with Gasteiger partial charge in [0.25, 0.3) is 0 Å². The summed E-state index contributed by atoms with van der Waals surface area (Å²) < 4.78 is 0.996. The Labute approximate surface area is 131 Å². The highest BCUT2D eigenvalue weighted by molar-refractivity contribution is 9.10. The minimum Gasteiger partial charge on any atom is -0.381 e. The van der Waals surface area contributed by atoms with E-state index in [0.717, 1.165) is 26.3 Å². The number of carbonyl (C=O) groups is 1. The largest absolute Gasteiger partial charge is 0.381 e. The molecule has 0 atom stereocenters. The van der Waals surface area contributed by atoms with Crippen LogP contribution in [0.5, 0.6) is 0 Å². The number of primary amides is 1. The van der Waals surface area contributed by atoms with Gasteiger partial charge < -0.3 is 11.1 Å². The fraction of sp³-hybridized carbons (Fsp3) is 0.133. The van der Waals surface area contributed by atoms with Crippen molar-refractivity contribution in [2.24, 2.45) is 5.73 Å². The Morgan fingerprint density at radius 2 is 1.90 bits per heavy atom. The van der Waals surface area contributed by atoms with Crippen LogP contribution in [0.4, 0.5) is 5.69 Å². The molecule has 0 aliphatic carbocycles. The molecule has 0 fully saturated rings. The molecule has 2 aromatic carbocycles. The molecule has 1 amide bonds. The Bertz CT molecular complexity index is 614. The molecule has 5 heteroatoms. The number of nitrogens with two attached hydrogens (primary N) is 1. The van der Waals surface area contributed by atoms with Gasteiger partial charge in [-0.05, 0) is 41.5 Å². The van der Waals surface area contributed by atoms with Gasteiger partial charge in [0.15, 0.2) is 0 Å². The van der Waals surface area contributed by atoms with Crippen molar-refractivity contribution in [2.45, 2.75) is 13.0 Å². The lowest BCUT2D eigenvalue weighted by molar-refractivity contribution is -0.117. The highest BCUT2D eigenvalue weighted by atomic mass is 79.9. The maximum absolute atomic E-state index is 10.8. The van der Waals surface area contributed by atoms with E-state index >= 15 is 0 Å². The van der Waals surface area contributed by atoms with E-state index in [9.17, 15) is 4.79 Å². The minimum absolute atomic E-state index is 0.262. The number of anilines is 1. The first-order chi connectivity index (χ1) is 9.54. The first kappa shape index (κ1) is 14.9. The van der Waals surface area contributed by atoms with E-state index in [0.29, 0.717) is 6.54 Å². The number of amides is 1. The summed E-state index contributed by atoms with van der Waals surface area (Å²) in [4.78, 5) is 10.8. The maximum atomic E-state index is 10.8. The van der Waals surface area contributed by atoms with Crippen molar-refractivity contribution in [3.8, 4) is 0 Å². The van der Waals surface area contributed by atoms with Crippen LogP contribution in [-0.4, -0.2) is 5.91 Å². The van der Waals surface area contributed by atoms with Gasteiger partial charge >= 0.3 is 0 Å². The zero-order chi connectivity index (χ0) is 14.5. The lowest BCUT2D eigenvalue weighted by Crippen LogP contribution is -2.13. The van der Waals surface area contributed by atoms with Crippen LogP contribution in [0.15, 0.2) is 46.9 Å². The SMILES string of the molecule is NC(=O)Cc1ccc(NCc2cc(Br)ccc2Cl)cc1. The second-order valence-electron chi connectivity index (χ2n) is 4.43. The summed E-state index contributed by atoms with van der Waals surface area (Å²) in [5, 5.41) is 4.02. The van der Waals surface area contributed by atoms with E-state index < -0.39 is 0 Å². The minimum atomic E-state index is -0.327. The predicted molar refractivity (Wildman–Crippen MR) is 85.8 cm³/mol. The second kappa shape index (κ2) is 6.77. The molecule has 0 aromatic heterocycles. The summed E-state index contributed by atoms with van der Waals surface area (Å²) in [7, 11) is 0. The van der Waals surface area contributed by atoms with Gasteiger partial charge in [-0.15, -0.1) is 0 Å². The fourth-order valence-corrected chi connectivity index (χ4v) is 2.41. The van der Waals surface area contributed by atoms with Gasteiger partial charge in [0.2, 0.25) is 5.91 Å². The molecule has 0 unspecified atom stereocenters. The van der Waals surface area contributed by atoms with Crippen LogP contribution in [0.25, 0.3) is 0 Å². The molecule has 0 saturated heterocycles. The smallest absolute Gasteiger partial charge is 0.221 e. The lowest BCUT2D eigenvalue weighted by atomic mass is 10.1. The molecule has 0 aliphatic heterocycles. The first-order valence-corrected chi connectivity index (χ1v) is 7.27. The van der Waals surface area contributed by atoms with E-state index in [1.54, 1.807) is 0 Å². The molecular weight excluding hydrogens is 340 g/mol. The summed E-state index contributed by atoms with van der Waals surface area (Å²) in [6.45, 7) is 0.632. The van der Waals surface area contributed by atoms with Gasteiger partial charge in [-0.3, -0.25) is 4.79 Å². The van der Waals surface area contributed by atoms with Gasteiger partial charge in [-0.25, -0.2) is 0 Å². The number of hydrogen-bond donors (Lipinski definition) is 2. The van der Waals surface area contributed by atoms with Crippen molar-refractivity contribution >= 4 is 39.1 Å². The number of halogens is 2. The first-order valence-electron chi connectivity index (χ1n) is 6.09. The number of hydrogen-bond acceptors (Lipinski definition) is 2. The number of rotatable bonds is 5. The van der Waals surface area contributed by atoms with Crippen molar-refractivity contribution in [3.63, 3.8) is 0 Å². The van der Waals surface area contributed by atoms with Crippen molar-refractivity contribution < 1.29 is 4.79 Å². The number of nitrogens with one attached hydrogen (secondary N) is 1. The van der Waals surface area contributed by atoms with Crippen molar-refractivity contribution in [3.05, 3.63) is 63.1 Å². The summed E-state index contributed by atoms with van der Waals surface area (Å²) in [6, 6.07) is 13.4. The molecule has 2 rings (SSSR count). The van der Waals surface area contributed by atoms with Gasteiger partial charge in [0.05, 0.1) is 6.42 Å². The third-order valence-electron chi connectivity index (χ3n) is 2.82. The third kappa shape index (κ3) is 4.25. The van der Waals surface area contributed by atoms with Crippen LogP contribution in [0.2, 0.25) is 5.02 Å². The Hall–Kier alpha value is -1.52. The maximum Gasteiger partial charge on any atom is 0.221 e. The molecular formula is C15H14BrClN2O. The van der Waals surface area contributed by atoms with Crippen molar-refractivity contribution in [1.82, 2.24) is 0 Å². The van der Waals surface area contributed by atoms with Crippen LogP contribution < -0.4 is 11.1 Å². The van der Waals surface area contributed by atoms with Gasteiger partial charge in [-0.2, -0.15) is 0 Å². The van der Waals surface area contributed by atoms with E-state index in [2.05, 4.69) is 21.2 Å². The quantitative estimate of drug-likeness (QED) is 0.860. The molecule has 0 radical (unpaired) electrons. The van der Waals surface area contributed by atoms with E-state index in [4.69, 9.17) is 17.3 Å². The summed E-state index contributed by atoms with van der Waals surface area (Å²) in [6.07, 6.45) is 0.262. The normalized spacial score (nSPS) is 10.3. The lowest BCUT2D eigenvalue weighted by Gasteiger charge is -2.09. The molecule has 0 spiro atoms. The zero-order valence-corrected chi connectivity index (χ0v) is 13.0. The van der Waals surface area contributed by atoms with Gasteiger partial charge in [0, 0.05) is 21.7 Å². The van der Waals surface area contributed by atoms with E-state index in [1.807, 2.05) is 42.5 Å². The zero-order valence-electron chi connectivity index (χ0n) is 10.7. The average molecular weight is 354 g/mol. The Kier molecular flexibility index (Phi) is 5.04. The average Bonchev–Trinajstić information content (AvgIpc) is 2.41. The van der Waals surface area contributed by atoms with Crippen molar-refractivity contribution in [2.75, 3.05) is 5.32 Å². The number of benzene rings is 2. The third-order valence-corrected chi connectivity index (χ3v) is 3.68. The van der Waals surface area contributed by atoms with Crippen LogP contribution >= 0.6 is 27.5 Å². The molecule has 0 aliphatic rings. The standard InChI is InChI=1S/C15H14BrClN2O/c16-12-3-6-14(17)11(8-12)9-19-13-4-1-10(2-5-13)7-15(18)20/h1-6,8,19H,7,9H2,(H2,18,20). The Morgan fingerprint density at radius 1 is 1.20 bits per heavy atom. The summed E-state index contributed by atoms with van der Waals surface area (Å²) in [5.41, 5.74) is 8.04. The Balaban J connectivity index is 2.00. The van der Waals surface area contributed by atoms with E-state index in [-0.39, 0.29) is 12.3 Å². The Morgan fingerprint density at radius 3 is 2.55 bits per heavy atom. The molecule has 0 heterocycles. The summed E-state index contributed by atoms with van der Waals surface area (Å²) in [5.74, 6) is -0.327. The highest BCUT2D eigenvalue weighted by Gasteiger charge is 2.02. The van der Waals surface area contributed by atoms with Crippen molar-refractivity contribution in [1.29, 1.82) is 0 Å². The van der Waals surface area contributed by atoms with Gasteiger partial charge in [0.1, 0.15) is 0 Å². The molecule has 104 valence electrons. The topological polar surface area (TPSA) is 55.1 Å². The van der Waals surface area contributed by atoms with Crippen LogP contribution in [-0.2, 0) is 17.8 Å². The summed E-state index contributed by atoms with van der Waals surface area (Å²) >= 11 is 9.56. The molecule has 20 heavy (non-hydrogen) atoms. The molecule has 0 bridgehead atoms. The van der Waals surface area contributed by atoms with Gasteiger partial charge in [-0.1, -0.05) is 39.7 Å². The van der Waals surface area contributed by atoms with Crippen LogP contribution in [0, 0.1) is 0 Å². The highest BCUT2D eigenvalue weighted by Crippen LogP contribution is 2.22. The molecule has 0 saturated carbocycles. The fourth-order valence-electron chi connectivity index (χ4n) is 1.82. The predicted octanol–water partition coefficient (Wildman–Crippen LogP) is 3.74. The molecule has 2 aromatic rings. The number of carbonyl (C=O) groups excluding carboxylic acids is 1. The molecule has 3 N–H and O–H groups in total. The van der Waals surface area contributed by atoms with Crippen LogP contribution in [0.3, 0.4) is 0 Å². The van der Waals surface area contributed by atoms with Crippen LogP contribution in [0.1, 0.15) is 11.1 Å². The second-order valence-corrected chi connectivity index (χ2v) is 5.75. The van der Waals surface area contributed by atoms with E-state index in [1.165, 1.54) is 0 Å². The monoisotopic (exact) mass is 352 g/mol. The molecule has 3 nitrogen and oxygen atoms in total.